The van der Waals surface area contributed by atoms with Crippen molar-refractivity contribution in [2.24, 2.45) is 0 Å². The summed E-state index contributed by atoms with van der Waals surface area (Å²) in [6.07, 6.45) is 2.89. The zero-order chi connectivity index (χ0) is 17.1. The summed E-state index contributed by atoms with van der Waals surface area (Å²) in [5, 5.41) is 5.66. The van der Waals surface area contributed by atoms with Gasteiger partial charge in [0.1, 0.15) is 10.7 Å². The van der Waals surface area contributed by atoms with Crippen LogP contribution in [0.5, 0.6) is 0 Å². The van der Waals surface area contributed by atoms with Gasteiger partial charge in [-0.25, -0.2) is 4.98 Å². The molecule has 0 fully saturated rings. The number of rotatable bonds is 5. The molecule has 0 atom stereocenters. The average Bonchev–Trinajstić information content (AvgIpc) is 2.99. The molecule has 0 aromatic carbocycles. The molecule has 0 saturated carbocycles. The molecule has 3 N–H and O–H groups in total. The number of carbonyl (C=O) groups excluding carboxylic acids is 1. The highest BCUT2D eigenvalue weighted by molar-refractivity contribution is 7.12. The maximum atomic E-state index is 12.6. The van der Waals surface area contributed by atoms with E-state index in [2.05, 4.69) is 22.2 Å². The largest absolute Gasteiger partial charge is 0.370 e. The van der Waals surface area contributed by atoms with E-state index in [1.54, 1.807) is 11.0 Å². The summed E-state index contributed by atoms with van der Waals surface area (Å²) in [7, 11) is 0. The van der Waals surface area contributed by atoms with Crippen LogP contribution in [-0.2, 0) is 13.0 Å². The lowest BCUT2D eigenvalue weighted by Gasteiger charge is -2.29. The number of halogens is 1. The molecule has 2 aromatic heterocycles. The first kappa shape index (κ1) is 17.0. The second kappa shape index (κ2) is 7.36. The molecule has 1 aliphatic heterocycles. The number of fused-ring (bicyclic) bond motifs is 1. The molecular weight excluding hydrogens is 346 g/mol. The number of hydrogen-bond acceptors (Lipinski definition) is 6. The van der Waals surface area contributed by atoms with E-state index in [0.29, 0.717) is 29.4 Å². The van der Waals surface area contributed by atoms with Gasteiger partial charge in [-0.05, 0) is 24.3 Å². The molecular formula is C16H20ClN5OS. The number of anilines is 2. The highest BCUT2D eigenvalue weighted by Gasteiger charge is 2.27. The number of amides is 1. The van der Waals surface area contributed by atoms with Crippen molar-refractivity contribution in [3.63, 3.8) is 0 Å². The number of thiophene rings is 1. The lowest BCUT2D eigenvalue weighted by molar-refractivity contribution is 0.0737. The monoisotopic (exact) mass is 365 g/mol. The topological polar surface area (TPSA) is 84.1 Å². The van der Waals surface area contributed by atoms with Crippen molar-refractivity contribution in [2.45, 2.75) is 32.7 Å². The van der Waals surface area contributed by atoms with Gasteiger partial charge in [0, 0.05) is 18.7 Å². The van der Waals surface area contributed by atoms with Crippen molar-refractivity contribution >= 4 is 40.6 Å². The van der Waals surface area contributed by atoms with Gasteiger partial charge in [-0.15, -0.1) is 11.3 Å². The molecule has 3 heterocycles. The lowest BCUT2D eigenvalue weighted by atomic mass is 10.1. The van der Waals surface area contributed by atoms with Crippen LogP contribution in [0.2, 0.25) is 5.02 Å². The van der Waals surface area contributed by atoms with E-state index in [0.717, 1.165) is 36.5 Å². The minimum absolute atomic E-state index is 0.0571. The number of nitrogens with one attached hydrogen (secondary N) is 1. The van der Waals surface area contributed by atoms with E-state index in [9.17, 15) is 4.79 Å². The fourth-order valence-electron chi connectivity index (χ4n) is 2.74. The molecule has 0 radical (unpaired) electrons. The molecule has 128 valence electrons. The van der Waals surface area contributed by atoms with E-state index in [1.807, 2.05) is 5.38 Å². The van der Waals surface area contributed by atoms with Crippen LogP contribution in [0.3, 0.4) is 0 Å². The molecule has 2 aromatic rings. The Bertz CT molecular complexity index is 748. The second-order valence-corrected chi connectivity index (χ2v) is 7.03. The van der Waals surface area contributed by atoms with Crippen LogP contribution >= 0.6 is 22.9 Å². The summed E-state index contributed by atoms with van der Waals surface area (Å²) in [5.74, 6) is 0.974. The molecule has 3 rings (SSSR count). The highest BCUT2D eigenvalue weighted by atomic mass is 35.5. The van der Waals surface area contributed by atoms with Crippen LogP contribution in [0.1, 0.15) is 40.7 Å². The fourth-order valence-corrected chi connectivity index (χ4v) is 3.85. The lowest BCUT2D eigenvalue weighted by Crippen LogP contribution is -2.37. The number of carbonyl (C=O) groups is 1. The van der Waals surface area contributed by atoms with Crippen molar-refractivity contribution in [3.05, 3.63) is 32.6 Å². The predicted molar refractivity (Wildman–Crippen MR) is 97.6 cm³/mol. The standard InChI is InChI=1S/C16H20ClN5OS/c1-2-3-6-19-14-10-4-7-22(9-12(10)20-16(18)21-14)15(23)13-11(17)5-8-24-13/h5,8H,2-4,6-7,9H2,1H3,(H3,18,19,20,21). The number of nitrogen functional groups attached to an aromatic ring is 1. The molecule has 0 unspecified atom stereocenters. The number of unbranched alkanes of at least 4 members (excludes halogenated alkanes) is 1. The Hall–Kier alpha value is -1.86. The summed E-state index contributed by atoms with van der Waals surface area (Å²) < 4.78 is 0. The van der Waals surface area contributed by atoms with Gasteiger partial charge in [0.15, 0.2) is 0 Å². The summed E-state index contributed by atoms with van der Waals surface area (Å²) in [5.41, 5.74) is 7.71. The molecule has 0 bridgehead atoms. The van der Waals surface area contributed by atoms with Gasteiger partial charge in [-0.3, -0.25) is 4.79 Å². The zero-order valence-corrected chi connectivity index (χ0v) is 15.1. The van der Waals surface area contributed by atoms with E-state index in [-0.39, 0.29) is 11.9 Å². The third-order valence-electron chi connectivity index (χ3n) is 4.00. The molecule has 0 saturated heterocycles. The normalized spacial score (nSPS) is 13.7. The number of nitrogens with two attached hydrogens (primary N) is 1. The second-order valence-electron chi connectivity index (χ2n) is 5.71. The third kappa shape index (κ3) is 3.47. The van der Waals surface area contributed by atoms with Gasteiger partial charge in [-0.2, -0.15) is 4.98 Å². The van der Waals surface area contributed by atoms with Crippen LogP contribution in [-0.4, -0.2) is 33.9 Å². The van der Waals surface area contributed by atoms with Gasteiger partial charge in [0.2, 0.25) is 5.95 Å². The first-order valence-corrected chi connectivity index (χ1v) is 9.27. The average molecular weight is 366 g/mol. The van der Waals surface area contributed by atoms with Crippen molar-refractivity contribution in [1.29, 1.82) is 0 Å². The predicted octanol–water partition coefficient (Wildman–Crippen LogP) is 3.18. The fraction of sp³-hybridized carbons (Fsp3) is 0.438. The maximum absolute atomic E-state index is 12.6. The molecule has 8 heteroatoms. The highest BCUT2D eigenvalue weighted by Crippen LogP contribution is 2.28. The number of hydrogen-bond donors (Lipinski definition) is 2. The quantitative estimate of drug-likeness (QED) is 0.795. The molecule has 1 aliphatic rings. The summed E-state index contributed by atoms with van der Waals surface area (Å²) in [6.45, 7) is 4.05. The van der Waals surface area contributed by atoms with E-state index in [1.165, 1.54) is 11.3 Å². The third-order valence-corrected chi connectivity index (χ3v) is 5.33. The van der Waals surface area contributed by atoms with Crippen LogP contribution in [0.4, 0.5) is 11.8 Å². The van der Waals surface area contributed by atoms with Crippen molar-refractivity contribution < 1.29 is 4.79 Å². The first-order chi connectivity index (χ1) is 11.6. The van der Waals surface area contributed by atoms with E-state index in [4.69, 9.17) is 17.3 Å². The Morgan fingerprint density at radius 2 is 2.33 bits per heavy atom. The minimum atomic E-state index is -0.0571. The molecule has 0 spiro atoms. The molecule has 24 heavy (non-hydrogen) atoms. The zero-order valence-electron chi connectivity index (χ0n) is 13.5. The summed E-state index contributed by atoms with van der Waals surface area (Å²) in [6, 6.07) is 1.74. The maximum Gasteiger partial charge on any atom is 0.265 e. The summed E-state index contributed by atoms with van der Waals surface area (Å²) in [4.78, 5) is 23.6. The Labute approximate surface area is 150 Å². The van der Waals surface area contributed by atoms with Crippen molar-refractivity contribution in [2.75, 3.05) is 24.1 Å². The van der Waals surface area contributed by atoms with Crippen molar-refractivity contribution in [1.82, 2.24) is 14.9 Å². The van der Waals surface area contributed by atoms with Crippen LogP contribution in [0.15, 0.2) is 11.4 Å². The van der Waals surface area contributed by atoms with Crippen LogP contribution < -0.4 is 11.1 Å². The minimum Gasteiger partial charge on any atom is -0.370 e. The van der Waals surface area contributed by atoms with E-state index < -0.39 is 0 Å². The number of aromatic nitrogens is 2. The number of nitrogens with zero attached hydrogens (tertiary/aromatic N) is 3. The SMILES string of the molecule is CCCCNc1nc(N)nc2c1CCN(C(=O)c1sccc1Cl)C2. The van der Waals surface area contributed by atoms with Gasteiger partial charge in [0.25, 0.3) is 5.91 Å². The van der Waals surface area contributed by atoms with E-state index >= 15 is 0 Å². The van der Waals surface area contributed by atoms with Crippen LogP contribution in [0, 0.1) is 0 Å². The Morgan fingerprint density at radius 3 is 3.04 bits per heavy atom. The van der Waals surface area contributed by atoms with Crippen LogP contribution in [0.25, 0.3) is 0 Å². The molecule has 6 nitrogen and oxygen atoms in total. The van der Waals surface area contributed by atoms with Gasteiger partial charge in [0.05, 0.1) is 17.3 Å². The van der Waals surface area contributed by atoms with Crippen molar-refractivity contribution in [3.8, 4) is 0 Å². The van der Waals surface area contributed by atoms with Gasteiger partial charge < -0.3 is 16.0 Å². The van der Waals surface area contributed by atoms with Gasteiger partial charge in [-0.1, -0.05) is 24.9 Å². The Morgan fingerprint density at radius 1 is 1.50 bits per heavy atom. The Balaban J connectivity index is 1.80. The van der Waals surface area contributed by atoms with Gasteiger partial charge >= 0.3 is 0 Å². The summed E-state index contributed by atoms with van der Waals surface area (Å²) >= 11 is 7.44. The first-order valence-electron chi connectivity index (χ1n) is 8.01. The molecule has 1 amide bonds. The smallest absolute Gasteiger partial charge is 0.265 e. The Kier molecular flexibility index (Phi) is 5.20. The molecule has 0 aliphatic carbocycles.